The van der Waals surface area contributed by atoms with Crippen molar-refractivity contribution in [2.75, 3.05) is 20.2 Å². The van der Waals surface area contributed by atoms with Crippen LogP contribution in [0.5, 0.6) is 0 Å². The van der Waals surface area contributed by atoms with E-state index in [9.17, 15) is 9.59 Å². The average molecular weight is 296 g/mol. The Balaban J connectivity index is 1.82. The Kier molecular flexibility index (Phi) is 6.03. The predicted molar refractivity (Wildman–Crippen MR) is 80.8 cm³/mol. The van der Waals surface area contributed by atoms with Gasteiger partial charge in [-0.3, -0.25) is 14.9 Å². The van der Waals surface area contributed by atoms with Gasteiger partial charge >= 0.3 is 5.97 Å². The zero-order valence-electron chi connectivity index (χ0n) is 13.3. The second-order valence-electron chi connectivity index (χ2n) is 6.26. The number of amides is 1. The molecule has 5 nitrogen and oxygen atoms in total. The largest absolute Gasteiger partial charge is 0.468 e. The Labute approximate surface area is 127 Å². The summed E-state index contributed by atoms with van der Waals surface area (Å²) in [5.41, 5.74) is 0. The van der Waals surface area contributed by atoms with E-state index in [2.05, 4.69) is 5.32 Å². The second kappa shape index (κ2) is 7.78. The van der Waals surface area contributed by atoms with E-state index in [1.165, 1.54) is 26.4 Å². The fraction of sp³-hybridized carbons (Fsp3) is 0.875. The van der Waals surface area contributed by atoms with Crippen molar-refractivity contribution in [1.29, 1.82) is 0 Å². The molecule has 5 heteroatoms. The van der Waals surface area contributed by atoms with E-state index < -0.39 is 0 Å². The smallest absolute Gasteiger partial charge is 0.322 e. The molecule has 1 saturated heterocycles. The van der Waals surface area contributed by atoms with Gasteiger partial charge in [0, 0.05) is 25.0 Å². The topological polar surface area (TPSA) is 58.6 Å². The summed E-state index contributed by atoms with van der Waals surface area (Å²) in [4.78, 5) is 26.1. The van der Waals surface area contributed by atoms with Gasteiger partial charge in [0.15, 0.2) is 0 Å². The van der Waals surface area contributed by atoms with Crippen molar-refractivity contribution in [3.8, 4) is 0 Å². The zero-order valence-corrected chi connectivity index (χ0v) is 13.3. The summed E-state index contributed by atoms with van der Waals surface area (Å²) in [5, 5.41) is 3.34. The summed E-state index contributed by atoms with van der Waals surface area (Å²) in [6, 6.07) is -0.0497. The highest BCUT2D eigenvalue weighted by atomic mass is 16.5. The fourth-order valence-corrected chi connectivity index (χ4v) is 3.48. The third-order valence-corrected chi connectivity index (χ3v) is 4.79. The first-order valence-corrected chi connectivity index (χ1v) is 8.28. The first-order chi connectivity index (χ1) is 10.2. The second-order valence-corrected chi connectivity index (χ2v) is 6.26. The van der Waals surface area contributed by atoms with Crippen molar-refractivity contribution in [1.82, 2.24) is 10.2 Å². The molecule has 1 saturated carbocycles. The quantitative estimate of drug-likeness (QED) is 0.785. The van der Waals surface area contributed by atoms with E-state index in [-0.39, 0.29) is 24.0 Å². The highest BCUT2D eigenvalue weighted by Crippen LogP contribution is 2.26. The van der Waals surface area contributed by atoms with Gasteiger partial charge in [0.25, 0.3) is 0 Å². The summed E-state index contributed by atoms with van der Waals surface area (Å²) in [6.07, 6.45) is 7.37. The minimum Gasteiger partial charge on any atom is -0.468 e. The molecule has 1 heterocycles. The number of ether oxygens (including phenoxy) is 1. The first-order valence-electron chi connectivity index (χ1n) is 8.28. The van der Waals surface area contributed by atoms with Crippen LogP contribution in [0.2, 0.25) is 0 Å². The molecule has 1 aliphatic carbocycles. The number of nitrogens with zero attached hydrogens (tertiary/aromatic N) is 1. The van der Waals surface area contributed by atoms with E-state index >= 15 is 0 Å². The maximum atomic E-state index is 12.5. The molecule has 21 heavy (non-hydrogen) atoms. The summed E-state index contributed by atoms with van der Waals surface area (Å²) < 4.78 is 4.80. The molecule has 0 bridgehead atoms. The maximum absolute atomic E-state index is 12.5. The highest BCUT2D eigenvalue weighted by Gasteiger charge is 2.33. The van der Waals surface area contributed by atoms with Gasteiger partial charge in [-0.1, -0.05) is 26.2 Å². The van der Waals surface area contributed by atoms with E-state index in [1.54, 1.807) is 0 Å². The number of methoxy groups -OCH3 is 1. The van der Waals surface area contributed by atoms with Gasteiger partial charge in [-0.2, -0.15) is 0 Å². The number of nitrogens with one attached hydrogen (secondary N) is 1. The van der Waals surface area contributed by atoms with Crippen LogP contribution in [0, 0.1) is 5.92 Å². The molecular weight excluding hydrogens is 268 g/mol. The lowest BCUT2D eigenvalue weighted by Gasteiger charge is -2.26. The molecule has 2 rings (SSSR count). The minimum atomic E-state index is -0.260. The van der Waals surface area contributed by atoms with Gasteiger partial charge in [-0.15, -0.1) is 0 Å². The molecule has 0 radical (unpaired) electrons. The Morgan fingerprint density at radius 3 is 2.57 bits per heavy atom. The van der Waals surface area contributed by atoms with E-state index in [0.29, 0.717) is 12.3 Å². The van der Waals surface area contributed by atoms with Gasteiger partial charge in [-0.05, 0) is 25.7 Å². The molecule has 1 aliphatic heterocycles. The predicted octanol–water partition coefficient (Wildman–Crippen LogP) is 1.71. The molecular formula is C16H28N2O3. The summed E-state index contributed by atoms with van der Waals surface area (Å²) in [7, 11) is 1.42. The third kappa shape index (κ3) is 4.19. The monoisotopic (exact) mass is 296 g/mol. The number of rotatable bonds is 5. The Morgan fingerprint density at radius 2 is 1.95 bits per heavy atom. The fourth-order valence-electron chi connectivity index (χ4n) is 3.48. The molecule has 0 spiro atoms. The zero-order chi connectivity index (χ0) is 15.2. The van der Waals surface area contributed by atoms with Gasteiger partial charge in [0.2, 0.25) is 5.91 Å². The number of hydrogen-bond donors (Lipinski definition) is 1. The molecule has 0 aromatic heterocycles. The normalized spacial score (nSPS) is 24.9. The van der Waals surface area contributed by atoms with Gasteiger partial charge in [-0.25, -0.2) is 0 Å². The number of carbonyl (C=O) groups excluding carboxylic acids is 2. The van der Waals surface area contributed by atoms with Crippen molar-refractivity contribution in [2.24, 2.45) is 5.92 Å². The van der Waals surface area contributed by atoms with Crippen molar-refractivity contribution in [3.05, 3.63) is 0 Å². The standard InChI is InChI=1S/C16H28N2O3/c1-3-14(16(20)21-2)17-13-9-10-18(11-13)15(19)12-7-5-4-6-8-12/h12-14,17H,3-11H2,1-2H3/t13-,14-/m0/s1. The van der Waals surface area contributed by atoms with E-state index in [1.807, 2.05) is 11.8 Å². The molecule has 2 aliphatic rings. The Morgan fingerprint density at radius 1 is 1.24 bits per heavy atom. The van der Waals surface area contributed by atoms with Crippen LogP contribution >= 0.6 is 0 Å². The Hall–Kier alpha value is -1.10. The molecule has 1 amide bonds. The van der Waals surface area contributed by atoms with Crippen molar-refractivity contribution >= 4 is 11.9 Å². The van der Waals surface area contributed by atoms with Crippen LogP contribution in [0.25, 0.3) is 0 Å². The average Bonchev–Trinajstić information content (AvgIpc) is 3.00. The summed E-state index contributed by atoms with van der Waals surface area (Å²) in [6.45, 7) is 3.50. The number of likely N-dealkylation sites (tertiary alicyclic amines) is 1. The van der Waals surface area contributed by atoms with Gasteiger partial charge in [0.1, 0.15) is 6.04 Å². The van der Waals surface area contributed by atoms with Crippen molar-refractivity contribution in [3.63, 3.8) is 0 Å². The number of esters is 1. The van der Waals surface area contributed by atoms with Gasteiger partial charge in [0.05, 0.1) is 7.11 Å². The lowest BCUT2D eigenvalue weighted by Crippen LogP contribution is -2.45. The van der Waals surface area contributed by atoms with Crippen LogP contribution in [0.4, 0.5) is 0 Å². The summed E-state index contributed by atoms with van der Waals surface area (Å²) >= 11 is 0. The summed E-state index contributed by atoms with van der Waals surface area (Å²) in [5.74, 6) is 0.347. The molecule has 0 aromatic carbocycles. The van der Waals surface area contributed by atoms with Crippen LogP contribution < -0.4 is 5.32 Å². The van der Waals surface area contributed by atoms with E-state index in [0.717, 1.165) is 32.4 Å². The van der Waals surface area contributed by atoms with Crippen molar-refractivity contribution in [2.45, 2.75) is 64.0 Å². The molecule has 0 unspecified atom stereocenters. The van der Waals surface area contributed by atoms with Crippen LogP contribution in [-0.2, 0) is 14.3 Å². The van der Waals surface area contributed by atoms with Crippen LogP contribution in [0.1, 0.15) is 51.9 Å². The first kappa shape index (κ1) is 16.3. The minimum absolute atomic E-state index is 0.210. The van der Waals surface area contributed by atoms with Gasteiger partial charge < -0.3 is 9.64 Å². The third-order valence-electron chi connectivity index (χ3n) is 4.79. The van der Waals surface area contributed by atoms with Crippen LogP contribution in [0.15, 0.2) is 0 Å². The SMILES string of the molecule is CC[C@H](N[C@H]1CCN(C(=O)C2CCCCC2)C1)C(=O)OC. The molecule has 120 valence electrons. The van der Waals surface area contributed by atoms with Crippen LogP contribution in [0.3, 0.4) is 0 Å². The van der Waals surface area contributed by atoms with E-state index in [4.69, 9.17) is 4.74 Å². The molecule has 2 atom stereocenters. The lowest BCUT2D eigenvalue weighted by molar-refractivity contribution is -0.143. The molecule has 1 N–H and O–H groups in total. The Bertz CT molecular complexity index is 367. The number of carbonyl (C=O) groups is 2. The maximum Gasteiger partial charge on any atom is 0.322 e. The number of hydrogen-bond acceptors (Lipinski definition) is 4. The lowest BCUT2D eigenvalue weighted by atomic mass is 9.88. The highest BCUT2D eigenvalue weighted by molar-refractivity contribution is 5.79. The van der Waals surface area contributed by atoms with Crippen LogP contribution in [-0.4, -0.2) is 49.1 Å². The molecule has 0 aromatic rings. The molecule has 2 fully saturated rings. The van der Waals surface area contributed by atoms with Crippen molar-refractivity contribution < 1.29 is 14.3 Å².